The van der Waals surface area contributed by atoms with Crippen molar-refractivity contribution in [1.82, 2.24) is 30.7 Å². The smallest absolute Gasteiger partial charge is 0.407 e. The van der Waals surface area contributed by atoms with Crippen LogP contribution >= 0.6 is 7.60 Å². The maximum Gasteiger partial charge on any atom is 0.407 e. The van der Waals surface area contributed by atoms with E-state index in [1.165, 1.54) is 0 Å². The van der Waals surface area contributed by atoms with E-state index in [1.54, 1.807) is 73.0 Å². The first-order valence-electron chi connectivity index (χ1n) is 37.9. The van der Waals surface area contributed by atoms with Gasteiger partial charge in [0.1, 0.15) is 39.7 Å². The molecule has 0 spiro atoms. The zero-order valence-electron chi connectivity index (χ0n) is 68.9. The maximum absolute atomic E-state index is 13.7. The Bertz CT molecular complexity index is 3980. The minimum absolute atomic E-state index is 0.00617. The van der Waals surface area contributed by atoms with Crippen molar-refractivity contribution in [2.24, 2.45) is 0 Å². The Kier molecular flexibility index (Phi) is 32.8. The molecule has 1 atom stereocenters. The molecule has 0 bridgehead atoms. The molecule has 0 radical (unpaired) electrons. The lowest BCUT2D eigenvalue weighted by atomic mass is 9.92. The number of amides is 6. The van der Waals surface area contributed by atoms with Crippen molar-refractivity contribution in [3.8, 4) is 17.2 Å². The number of ketones is 1. The highest BCUT2D eigenvalue weighted by Gasteiger charge is 2.54. The van der Waals surface area contributed by atoms with Gasteiger partial charge in [0.15, 0.2) is 5.78 Å². The van der Waals surface area contributed by atoms with E-state index < -0.39 is 53.9 Å². The predicted octanol–water partition coefficient (Wildman–Crippen LogP) is 17.8. The molecule has 0 saturated carbocycles. The van der Waals surface area contributed by atoms with Crippen molar-refractivity contribution in [3.63, 3.8) is 0 Å². The molecule has 3 saturated heterocycles. The monoisotopic (exact) mass is 1550 g/mol. The normalized spacial score (nSPS) is 16.6. The number of alkyl carbamates (subject to hydrolysis) is 3. The number of nitrogens with one attached hydrogen (secondary N) is 3. The lowest BCUT2D eigenvalue weighted by Gasteiger charge is -2.31. The third-order valence-corrected chi connectivity index (χ3v) is 20.7. The minimum Gasteiger partial charge on any atom is -0.497 e. The number of hydrogen-bond donors (Lipinski definition) is 3. The second kappa shape index (κ2) is 40.4. The molecule has 6 aromatic rings. The molecular weight excluding hydrogens is 1430 g/mol. The van der Waals surface area contributed by atoms with Crippen LogP contribution in [0.15, 0.2) is 175 Å². The van der Waals surface area contributed by atoms with Crippen LogP contribution in [0, 0.1) is 0 Å². The van der Waals surface area contributed by atoms with Gasteiger partial charge in [-0.1, -0.05) is 127 Å². The van der Waals surface area contributed by atoms with E-state index in [0.29, 0.717) is 70.4 Å². The minimum atomic E-state index is -3.47. The molecule has 602 valence electrons. The van der Waals surface area contributed by atoms with Gasteiger partial charge in [-0.25, -0.2) is 14.4 Å². The van der Waals surface area contributed by atoms with Gasteiger partial charge < -0.3 is 68.1 Å². The van der Waals surface area contributed by atoms with Gasteiger partial charge in [-0.2, -0.15) is 0 Å². The molecule has 9 rings (SSSR count). The van der Waals surface area contributed by atoms with Crippen molar-refractivity contribution >= 4 is 60.5 Å². The number of likely N-dealkylation sites (tertiary alicyclic amines) is 3. The number of nitrogens with zero attached hydrogens (tertiary/aromatic N) is 3. The lowest BCUT2D eigenvalue weighted by Crippen LogP contribution is -2.40. The van der Waals surface area contributed by atoms with Gasteiger partial charge in [-0.3, -0.25) is 23.7 Å². The second-order valence-corrected chi connectivity index (χ2v) is 34.3. The molecule has 3 fully saturated rings. The lowest BCUT2D eigenvalue weighted by molar-refractivity contribution is -0.131. The van der Waals surface area contributed by atoms with Crippen molar-refractivity contribution in [1.29, 1.82) is 0 Å². The molecule has 6 aromatic carbocycles. The second-order valence-electron chi connectivity index (χ2n) is 32.1. The van der Waals surface area contributed by atoms with Crippen molar-refractivity contribution in [2.75, 3.05) is 54.2 Å². The number of methoxy groups -OCH3 is 3. The molecule has 3 heterocycles. The Balaban J connectivity index is 0.000000237. The first-order chi connectivity index (χ1) is 52.1. The number of ether oxygens (including phenoxy) is 6. The van der Waals surface area contributed by atoms with E-state index in [0.717, 1.165) is 67.4 Å². The zero-order valence-corrected chi connectivity index (χ0v) is 69.8. The molecule has 22 nitrogen and oxygen atoms in total. The highest BCUT2D eigenvalue weighted by Crippen LogP contribution is 2.59. The number of carbonyl (C=O) groups is 7. The Labute approximate surface area is 658 Å². The molecule has 3 aliphatic heterocycles. The van der Waals surface area contributed by atoms with Crippen LogP contribution in [0.3, 0.4) is 0 Å². The van der Waals surface area contributed by atoms with Gasteiger partial charge in [0.25, 0.3) is 11.8 Å². The number of carbonyl (C=O) groups excluding carboxylic acids is 7. The van der Waals surface area contributed by atoms with Crippen LogP contribution in [0.25, 0.3) is 11.1 Å². The summed E-state index contributed by atoms with van der Waals surface area (Å²) in [7, 11) is 1.43. The largest absolute Gasteiger partial charge is 0.497 e. The van der Waals surface area contributed by atoms with Crippen molar-refractivity contribution < 1.29 is 75.6 Å². The highest BCUT2D eigenvalue weighted by atomic mass is 31.2. The van der Waals surface area contributed by atoms with Crippen LogP contribution in [0.5, 0.6) is 17.2 Å². The van der Waals surface area contributed by atoms with E-state index in [9.17, 15) is 38.1 Å². The zero-order chi connectivity index (χ0) is 82.1. The number of benzene rings is 6. The van der Waals surface area contributed by atoms with E-state index in [4.69, 9.17) is 37.5 Å². The molecular formula is C88H119N6O16P. The Morgan fingerprint density at radius 3 is 1.02 bits per heavy atom. The SMILES string of the molecule is CC(C)(C)OC(=O)NCCC(=O)c1ccccc1.CCOP(=O)(OCC)C1CC(C)(C)N(Cc2ccc(OC)cc2)C1=O.COc1ccc(CN2C(=O)C(=C(CCNC(=O)OC(C)(C)C)c3ccccc3)CC2(C)C)cc1.COc1ccc(CN2C(=O)C(=C(CCNC(=O)OC(C)(C)C)c3ccccc3)CC2(C)C)cc1. The fourth-order valence-electron chi connectivity index (χ4n) is 12.9. The molecule has 1 unspecified atom stereocenters. The summed E-state index contributed by atoms with van der Waals surface area (Å²) in [5.74, 6) is 2.26. The Hall–Kier alpha value is -9.76. The van der Waals surface area contributed by atoms with Gasteiger partial charge in [0.05, 0.1) is 34.5 Å². The summed E-state index contributed by atoms with van der Waals surface area (Å²) >= 11 is 0. The predicted molar refractivity (Wildman–Crippen MR) is 435 cm³/mol. The number of rotatable bonds is 26. The molecule has 0 aliphatic carbocycles. The Morgan fingerprint density at radius 1 is 0.423 bits per heavy atom. The third kappa shape index (κ3) is 27.9. The third-order valence-electron chi connectivity index (χ3n) is 18.3. The average molecular weight is 1550 g/mol. The van der Waals surface area contributed by atoms with Crippen LogP contribution in [0.4, 0.5) is 14.4 Å². The molecule has 3 N–H and O–H groups in total. The highest BCUT2D eigenvalue weighted by molar-refractivity contribution is 7.55. The van der Waals surface area contributed by atoms with Gasteiger partial charge in [0.2, 0.25) is 5.91 Å². The van der Waals surface area contributed by atoms with Crippen LogP contribution < -0.4 is 30.2 Å². The van der Waals surface area contributed by atoms with E-state index in [-0.39, 0.29) is 60.8 Å². The van der Waals surface area contributed by atoms with E-state index >= 15 is 0 Å². The fourth-order valence-corrected chi connectivity index (χ4v) is 15.2. The molecule has 0 aromatic heterocycles. The van der Waals surface area contributed by atoms with Crippen LogP contribution in [-0.4, -0.2) is 150 Å². The topological polar surface area (TPSA) is 256 Å². The van der Waals surface area contributed by atoms with Gasteiger partial charge in [-0.15, -0.1) is 0 Å². The van der Waals surface area contributed by atoms with E-state index in [2.05, 4.69) is 43.6 Å². The van der Waals surface area contributed by atoms with Crippen LogP contribution in [0.1, 0.15) is 194 Å². The summed E-state index contributed by atoms with van der Waals surface area (Å²) in [6, 6.07) is 52.1. The van der Waals surface area contributed by atoms with Gasteiger partial charge >= 0.3 is 25.9 Å². The molecule has 6 amide bonds. The summed E-state index contributed by atoms with van der Waals surface area (Å²) in [5, 5.41) is 8.21. The first-order valence-corrected chi connectivity index (χ1v) is 39.5. The summed E-state index contributed by atoms with van der Waals surface area (Å²) in [5.41, 5.74) is 5.82. The molecule has 3 aliphatic rings. The van der Waals surface area contributed by atoms with Crippen molar-refractivity contribution in [2.45, 2.75) is 215 Å². The summed E-state index contributed by atoms with van der Waals surface area (Å²) in [6.45, 7) is 35.3. The average Bonchev–Trinajstić information content (AvgIpc) is 1.72. The maximum atomic E-state index is 13.7. The first kappa shape index (κ1) is 90.1. The summed E-state index contributed by atoms with van der Waals surface area (Å²) in [4.78, 5) is 93.3. The van der Waals surface area contributed by atoms with Crippen molar-refractivity contribution in [3.05, 3.63) is 208 Å². The number of hydrogen-bond acceptors (Lipinski definition) is 16. The van der Waals surface area contributed by atoms with E-state index in [1.807, 2.05) is 217 Å². The fraction of sp³-hybridized carbons (Fsp3) is 0.466. The Morgan fingerprint density at radius 2 is 0.721 bits per heavy atom. The van der Waals surface area contributed by atoms with Crippen LogP contribution in [-0.2, 0) is 61.8 Å². The summed E-state index contributed by atoms with van der Waals surface area (Å²) in [6.07, 6.45) is 1.66. The quantitative estimate of drug-likeness (QED) is 0.0197. The van der Waals surface area contributed by atoms with Gasteiger partial charge in [-0.05, 0) is 212 Å². The molecule has 111 heavy (non-hydrogen) atoms. The van der Waals surface area contributed by atoms with Gasteiger partial charge in [0, 0.05) is 91.9 Å². The molecule has 23 heteroatoms. The standard InChI is InChI=1S/2C28H36N2O4.C18H28NO5P.C14H19NO3/c2*1-27(2,3)34-26(32)29-17-16-23(21-10-8-7-9-11-21)24-18-28(4,5)30(25(24)31)19-20-12-14-22(33-6)15-13-20;1-6-23-25(21,24-7-2)16-12-18(3,4)19(17(16)20)13-14-8-10-15(22-5)11-9-14;1-14(2,3)18-13(17)15-10-9-12(16)11-7-5-4-6-8-11/h2*7-15H,16-19H2,1-6H3,(H,29,32);8-11,16H,6-7,12-13H2,1-5H3;4-8H,9-10H2,1-3H3,(H,15,17). The van der Waals surface area contributed by atoms with Crippen LogP contribution in [0.2, 0.25) is 0 Å². The number of Topliss-reactive ketones (excluding diaryl/α,β-unsaturated/α-hetero) is 1. The summed E-state index contributed by atoms with van der Waals surface area (Å²) < 4.78 is 55.4.